The van der Waals surface area contributed by atoms with Gasteiger partial charge in [-0.3, -0.25) is 4.18 Å². The van der Waals surface area contributed by atoms with Crippen LogP contribution in [0.2, 0.25) is 0 Å². The van der Waals surface area contributed by atoms with E-state index < -0.39 is 10.1 Å². The third kappa shape index (κ3) is 3.70. The molecule has 0 bridgehead atoms. The van der Waals surface area contributed by atoms with Gasteiger partial charge in [0.05, 0.1) is 24.7 Å². The van der Waals surface area contributed by atoms with Crippen LogP contribution >= 0.6 is 0 Å². The minimum atomic E-state index is -3.68. The van der Waals surface area contributed by atoms with E-state index in [1.54, 1.807) is 24.3 Å². The van der Waals surface area contributed by atoms with E-state index in [4.69, 9.17) is 13.7 Å². The summed E-state index contributed by atoms with van der Waals surface area (Å²) in [5.41, 5.74) is 1.26. The van der Waals surface area contributed by atoms with Crippen LogP contribution in [0, 0.1) is 18.3 Å². The van der Waals surface area contributed by atoms with Gasteiger partial charge < -0.3 is 9.47 Å². The van der Waals surface area contributed by atoms with Crippen molar-refractivity contribution in [3.05, 3.63) is 29.8 Å². The Hall–Kier alpha value is -0.950. The van der Waals surface area contributed by atoms with Crippen LogP contribution in [0.15, 0.2) is 29.2 Å². The zero-order valence-electron chi connectivity index (χ0n) is 15.4. The molecule has 0 amide bonds. The van der Waals surface area contributed by atoms with E-state index >= 15 is 0 Å². The van der Waals surface area contributed by atoms with Crippen molar-refractivity contribution in [1.29, 1.82) is 0 Å². The topological polar surface area (TPSA) is 61.8 Å². The molecular weight excluding hydrogens is 352 g/mol. The van der Waals surface area contributed by atoms with Crippen LogP contribution in [0.25, 0.3) is 0 Å². The fourth-order valence-corrected chi connectivity index (χ4v) is 6.02. The lowest BCUT2D eigenvalue weighted by Crippen LogP contribution is -2.41. The first-order chi connectivity index (χ1) is 12.4. The summed E-state index contributed by atoms with van der Waals surface area (Å²) in [6, 6.07) is 6.81. The molecule has 2 atom stereocenters. The maximum atomic E-state index is 12.4. The molecule has 0 radical (unpaired) electrons. The molecule has 0 unspecified atom stereocenters. The third-order valence-electron chi connectivity index (χ3n) is 6.30. The molecular formula is C20H28O5S. The lowest BCUT2D eigenvalue weighted by Gasteiger charge is -2.43. The van der Waals surface area contributed by atoms with Crippen molar-refractivity contribution in [3.63, 3.8) is 0 Å². The summed E-state index contributed by atoms with van der Waals surface area (Å²) in [5, 5.41) is 0. The number of benzene rings is 1. The second-order valence-electron chi connectivity index (χ2n) is 8.30. The van der Waals surface area contributed by atoms with Crippen LogP contribution in [-0.4, -0.2) is 34.0 Å². The average Bonchev–Trinajstić information content (AvgIpc) is 3.21. The Morgan fingerprint density at radius 1 is 1.12 bits per heavy atom. The van der Waals surface area contributed by atoms with Crippen molar-refractivity contribution in [2.75, 3.05) is 19.8 Å². The zero-order chi connectivity index (χ0) is 18.3. The largest absolute Gasteiger partial charge is 0.348 e. The molecule has 2 spiro atoms. The first kappa shape index (κ1) is 18.4. The van der Waals surface area contributed by atoms with E-state index in [1.165, 1.54) is 6.42 Å². The molecule has 4 rings (SSSR count). The second kappa shape index (κ2) is 6.89. The van der Waals surface area contributed by atoms with Gasteiger partial charge in [-0.05, 0) is 62.5 Å². The number of rotatable bonds is 4. The van der Waals surface area contributed by atoms with Gasteiger partial charge in [0.25, 0.3) is 10.1 Å². The third-order valence-corrected chi connectivity index (χ3v) is 7.59. The Bertz CT molecular complexity index is 736. The van der Waals surface area contributed by atoms with E-state index in [0.29, 0.717) is 13.2 Å². The van der Waals surface area contributed by atoms with Crippen molar-refractivity contribution < 1.29 is 22.1 Å². The van der Waals surface area contributed by atoms with Crippen LogP contribution in [0.5, 0.6) is 0 Å². The molecule has 26 heavy (non-hydrogen) atoms. The zero-order valence-corrected chi connectivity index (χ0v) is 16.2. The maximum Gasteiger partial charge on any atom is 0.296 e. The van der Waals surface area contributed by atoms with Gasteiger partial charge in [-0.15, -0.1) is 0 Å². The summed E-state index contributed by atoms with van der Waals surface area (Å²) in [6.07, 6.45) is 7.36. The van der Waals surface area contributed by atoms with Gasteiger partial charge >= 0.3 is 0 Å². The molecule has 144 valence electrons. The highest BCUT2D eigenvalue weighted by Gasteiger charge is 2.51. The molecule has 2 aliphatic carbocycles. The molecule has 1 aliphatic heterocycles. The molecule has 3 aliphatic rings. The van der Waals surface area contributed by atoms with Crippen molar-refractivity contribution >= 4 is 10.1 Å². The normalized spacial score (nSPS) is 31.0. The SMILES string of the molecule is Cc1ccc(S(=O)(=O)OC[C@H]2CC[C@]3(CCCC4(C3)OCCO4)C2)cc1. The first-order valence-corrected chi connectivity index (χ1v) is 11.1. The molecule has 1 heterocycles. The fraction of sp³-hybridized carbons (Fsp3) is 0.700. The van der Waals surface area contributed by atoms with Crippen molar-refractivity contribution in [1.82, 2.24) is 0 Å². The van der Waals surface area contributed by atoms with E-state index in [9.17, 15) is 8.42 Å². The Labute approximate surface area is 156 Å². The summed E-state index contributed by atoms with van der Waals surface area (Å²) in [5.74, 6) is -0.0890. The smallest absolute Gasteiger partial charge is 0.296 e. The molecule has 0 aromatic heterocycles. The molecule has 6 heteroatoms. The Kier molecular flexibility index (Phi) is 4.88. The lowest BCUT2D eigenvalue weighted by molar-refractivity contribution is -0.201. The van der Waals surface area contributed by atoms with E-state index in [-0.39, 0.29) is 28.6 Å². The first-order valence-electron chi connectivity index (χ1n) is 9.65. The summed E-state index contributed by atoms with van der Waals surface area (Å²) in [6.45, 7) is 3.59. The van der Waals surface area contributed by atoms with E-state index in [2.05, 4.69) is 0 Å². The lowest BCUT2D eigenvalue weighted by atomic mass is 9.70. The second-order valence-corrected chi connectivity index (χ2v) is 9.91. The number of hydrogen-bond donors (Lipinski definition) is 0. The van der Waals surface area contributed by atoms with Crippen molar-refractivity contribution in [2.24, 2.45) is 11.3 Å². The van der Waals surface area contributed by atoms with Crippen LogP contribution in [0.1, 0.15) is 50.5 Å². The van der Waals surface area contributed by atoms with Crippen molar-refractivity contribution in [3.8, 4) is 0 Å². The maximum absolute atomic E-state index is 12.4. The Morgan fingerprint density at radius 3 is 2.58 bits per heavy atom. The number of aryl methyl sites for hydroxylation is 1. The van der Waals surface area contributed by atoms with Crippen LogP contribution in [0.4, 0.5) is 0 Å². The molecule has 1 saturated heterocycles. The van der Waals surface area contributed by atoms with Crippen molar-refractivity contribution in [2.45, 2.75) is 62.6 Å². The van der Waals surface area contributed by atoms with Gasteiger partial charge in [-0.2, -0.15) is 8.42 Å². The van der Waals surface area contributed by atoms with Crippen LogP contribution in [0.3, 0.4) is 0 Å². The standard InChI is InChI=1S/C20H28O5S/c1-16-3-5-18(6-4-16)26(21,22)25-14-17-7-10-19(13-17)8-2-9-20(15-19)23-11-12-24-20/h3-6,17H,2,7-15H2,1H3/t17-,19+/m0/s1. The highest BCUT2D eigenvalue weighted by Crippen LogP contribution is 2.55. The molecule has 1 aromatic rings. The molecule has 5 nitrogen and oxygen atoms in total. The molecule has 3 fully saturated rings. The molecule has 1 aromatic carbocycles. The highest BCUT2D eigenvalue weighted by molar-refractivity contribution is 7.86. The van der Waals surface area contributed by atoms with E-state index in [1.807, 2.05) is 6.92 Å². The van der Waals surface area contributed by atoms with Gasteiger partial charge in [-0.1, -0.05) is 17.7 Å². The minimum Gasteiger partial charge on any atom is -0.348 e. The van der Waals surface area contributed by atoms with E-state index in [0.717, 1.165) is 44.1 Å². The molecule has 2 saturated carbocycles. The highest BCUT2D eigenvalue weighted by atomic mass is 32.2. The summed E-state index contributed by atoms with van der Waals surface area (Å²) in [4.78, 5) is 0.236. The predicted octanol–water partition coefficient (Wildman–Crippen LogP) is 3.80. The molecule has 0 N–H and O–H groups in total. The van der Waals surface area contributed by atoms with Gasteiger partial charge in [0.15, 0.2) is 5.79 Å². The summed E-state index contributed by atoms with van der Waals surface area (Å²) >= 11 is 0. The number of hydrogen-bond acceptors (Lipinski definition) is 5. The minimum absolute atomic E-state index is 0.226. The summed E-state index contributed by atoms with van der Waals surface area (Å²) in [7, 11) is -3.68. The van der Waals surface area contributed by atoms with Gasteiger partial charge in [0.1, 0.15) is 0 Å². The fourth-order valence-electron chi connectivity index (χ4n) is 5.04. The Morgan fingerprint density at radius 2 is 1.85 bits per heavy atom. The quantitative estimate of drug-likeness (QED) is 0.744. The number of ether oxygens (including phenoxy) is 2. The average molecular weight is 381 g/mol. The van der Waals surface area contributed by atoms with Gasteiger partial charge in [0, 0.05) is 12.8 Å². The van der Waals surface area contributed by atoms with Gasteiger partial charge in [0.2, 0.25) is 0 Å². The monoisotopic (exact) mass is 380 g/mol. The van der Waals surface area contributed by atoms with Gasteiger partial charge in [-0.25, -0.2) is 0 Å². The van der Waals surface area contributed by atoms with Crippen LogP contribution in [-0.2, 0) is 23.8 Å². The summed E-state index contributed by atoms with van der Waals surface area (Å²) < 4.78 is 42.1. The Balaban J connectivity index is 1.36. The van der Waals surface area contributed by atoms with Crippen LogP contribution < -0.4 is 0 Å². The predicted molar refractivity (Wildman–Crippen MR) is 97.2 cm³/mol.